The Morgan fingerprint density at radius 1 is 1.26 bits per heavy atom. The molecule has 1 aromatic carbocycles. The molecule has 0 radical (unpaired) electrons. The van der Waals surface area contributed by atoms with E-state index >= 15 is 0 Å². The number of hydrogen-bond acceptors (Lipinski definition) is 3. The molecule has 0 fully saturated rings. The van der Waals surface area contributed by atoms with Gasteiger partial charge in [-0.1, -0.05) is 6.07 Å². The van der Waals surface area contributed by atoms with Crippen LogP contribution in [0.3, 0.4) is 0 Å². The summed E-state index contributed by atoms with van der Waals surface area (Å²) in [5.41, 5.74) is 1.94. The molecular weight excluding hydrogens is 313 g/mol. The second-order valence-corrected chi connectivity index (χ2v) is 6.50. The molecule has 0 aliphatic carbocycles. The third kappa shape index (κ3) is 2.49. The quantitative estimate of drug-likeness (QED) is 0.685. The van der Waals surface area contributed by atoms with E-state index in [-0.39, 0.29) is 11.7 Å². The number of nitrogens with zero attached hydrogens (tertiary/aromatic N) is 3. The average molecular weight is 327 g/mol. The highest BCUT2D eigenvalue weighted by atomic mass is 32.2. The van der Waals surface area contributed by atoms with Crippen LogP contribution in [-0.4, -0.2) is 27.8 Å². The van der Waals surface area contributed by atoms with Gasteiger partial charge in [-0.15, -0.1) is 11.8 Å². The zero-order valence-corrected chi connectivity index (χ0v) is 13.1. The molecule has 6 heteroatoms. The molecule has 2 aromatic heterocycles. The molecule has 3 heterocycles. The van der Waals surface area contributed by atoms with Crippen LogP contribution in [0.4, 0.5) is 10.1 Å². The number of amides is 1. The SMILES string of the molecule is O=C(c1cnn2ccccc12)N1CCCSc2ccc(F)cc21. The van der Waals surface area contributed by atoms with Gasteiger partial charge in [0.15, 0.2) is 0 Å². The minimum Gasteiger partial charge on any atom is -0.307 e. The Morgan fingerprint density at radius 3 is 3.09 bits per heavy atom. The number of carbonyl (C=O) groups excluding carboxylic acids is 1. The molecule has 0 spiro atoms. The van der Waals surface area contributed by atoms with E-state index in [1.807, 2.05) is 18.2 Å². The lowest BCUT2D eigenvalue weighted by Crippen LogP contribution is -2.31. The fraction of sp³-hybridized carbons (Fsp3) is 0.176. The van der Waals surface area contributed by atoms with Crippen LogP contribution in [0.1, 0.15) is 16.8 Å². The Labute approximate surface area is 136 Å². The van der Waals surface area contributed by atoms with E-state index in [0.717, 1.165) is 22.6 Å². The summed E-state index contributed by atoms with van der Waals surface area (Å²) in [6, 6.07) is 10.2. The Morgan fingerprint density at radius 2 is 2.17 bits per heavy atom. The minimum absolute atomic E-state index is 0.138. The van der Waals surface area contributed by atoms with Gasteiger partial charge in [-0.2, -0.15) is 5.10 Å². The summed E-state index contributed by atoms with van der Waals surface area (Å²) in [6.45, 7) is 0.576. The predicted octanol–water partition coefficient (Wildman–Crippen LogP) is 3.62. The maximum Gasteiger partial charge on any atom is 0.262 e. The van der Waals surface area contributed by atoms with E-state index in [0.29, 0.717) is 17.8 Å². The lowest BCUT2D eigenvalue weighted by atomic mass is 10.2. The lowest BCUT2D eigenvalue weighted by molar-refractivity contribution is 0.0988. The van der Waals surface area contributed by atoms with Crippen molar-refractivity contribution in [3.05, 3.63) is 60.2 Å². The number of thioether (sulfide) groups is 1. The van der Waals surface area contributed by atoms with Gasteiger partial charge in [0.25, 0.3) is 5.91 Å². The molecule has 1 aliphatic heterocycles. The molecule has 4 nitrogen and oxygen atoms in total. The fourth-order valence-corrected chi connectivity index (χ4v) is 3.78. The highest BCUT2D eigenvalue weighted by Crippen LogP contribution is 2.35. The largest absolute Gasteiger partial charge is 0.307 e. The van der Waals surface area contributed by atoms with Crippen molar-refractivity contribution < 1.29 is 9.18 Å². The number of halogens is 1. The minimum atomic E-state index is -0.330. The molecule has 4 rings (SSSR count). The first-order valence-electron chi connectivity index (χ1n) is 7.40. The van der Waals surface area contributed by atoms with Gasteiger partial charge >= 0.3 is 0 Å². The van der Waals surface area contributed by atoms with Crippen molar-refractivity contribution in [1.29, 1.82) is 0 Å². The molecule has 1 amide bonds. The molecule has 116 valence electrons. The van der Waals surface area contributed by atoms with Crippen molar-refractivity contribution in [3.8, 4) is 0 Å². The van der Waals surface area contributed by atoms with Gasteiger partial charge in [0.1, 0.15) is 5.82 Å². The maximum atomic E-state index is 13.7. The number of rotatable bonds is 1. The number of aromatic nitrogens is 2. The molecule has 0 atom stereocenters. The van der Waals surface area contributed by atoms with Crippen molar-refractivity contribution in [1.82, 2.24) is 9.61 Å². The normalized spacial score (nSPS) is 14.6. The van der Waals surface area contributed by atoms with Crippen molar-refractivity contribution >= 4 is 28.9 Å². The van der Waals surface area contributed by atoms with Crippen LogP contribution in [0.15, 0.2) is 53.7 Å². The summed E-state index contributed by atoms with van der Waals surface area (Å²) in [5, 5.41) is 4.22. The number of hydrogen-bond donors (Lipinski definition) is 0. The van der Waals surface area contributed by atoms with Crippen LogP contribution in [0.25, 0.3) is 5.52 Å². The first-order valence-corrected chi connectivity index (χ1v) is 8.39. The standard InChI is InChI=1S/C17H14FN3OS/c18-12-5-6-16-15(10-12)20(7-3-9-23-16)17(22)13-11-19-21-8-2-1-4-14(13)21/h1-2,4-6,8,10-11H,3,7,9H2. The smallest absolute Gasteiger partial charge is 0.262 e. The van der Waals surface area contributed by atoms with Crippen LogP contribution in [0.5, 0.6) is 0 Å². The molecular formula is C17H14FN3OS. The molecule has 1 aliphatic rings. The first-order chi connectivity index (χ1) is 11.2. The summed E-state index contributed by atoms with van der Waals surface area (Å²) < 4.78 is 15.4. The van der Waals surface area contributed by atoms with Crippen molar-refractivity contribution in [3.63, 3.8) is 0 Å². The summed E-state index contributed by atoms with van der Waals surface area (Å²) in [6.07, 6.45) is 4.25. The second-order valence-electron chi connectivity index (χ2n) is 5.36. The Kier molecular flexibility index (Phi) is 3.53. The van der Waals surface area contributed by atoms with E-state index < -0.39 is 0 Å². The zero-order valence-electron chi connectivity index (χ0n) is 12.3. The van der Waals surface area contributed by atoms with Crippen LogP contribution in [-0.2, 0) is 0 Å². The van der Waals surface area contributed by atoms with E-state index in [9.17, 15) is 9.18 Å². The highest BCUT2D eigenvalue weighted by molar-refractivity contribution is 7.99. The van der Waals surface area contributed by atoms with Crippen LogP contribution in [0, 0.1) is 5.82 Å². The molecule has 0 saturated heterocycles. The van der Waals surface area contributed by atoms with Crippen molar-refractivity contribution in [2.45, 2.75) is 11.3 Å². The van der Waals surface area contributed by atoms with Crippen molar-refractivity contribution in [2.24, 2.45) is 0 Å². The second kappa shape index (κ2) is 5.70. The van der Waals surface area contributed by atoms with E-state index in [2.05, 4.69) is 5.10 Å². The maximum absolute atomic E-state index is 13.7. The molecule has 0 saturated carbocycles. The molecule has 0 unspecified atom stereocenters. The topological polar surface area (TPSA) is 37.6 Å². The van der Waals surface area contributed by atoms with E-state index in [1.54, 1.807) is 39.6 Å². The van der Waals surface area contributed by atoms with Crippen LogP contribution < -0.4 is 4.90 Å². The first kappa shape index (κ1) is 14.3. The third-order valence-electron chi connectivity index (χ3n) is 3.90. The Balaban J connectivity index is 1.81. The van der Waals surface area contributed by atoms with Gasteiger partial charge in [-0.3, -0.25) is 4.79 Å². The molecule has 0 N–H and O–H groups in total. The van der Waals surface area contributed by atoms with E-state index in [1.165, 1.54) is 12.1 Å². The Bertz CT molecular complexity index is 892. The number of pyridine rings is 1. The summed E-state index contributed by atoms with van der Waals surface area (Å²) in [5.74, 6) is 0.446. The van der Waals surface area contributed by atoms with Crippen LogP contribution >= 0.6 is 11.8 Å². The summed E-state index contributed by atoms with van der Waals surface area (Å²) in [7, 11) is 0. The average Bonchev–Trinajstić information content (AvgIpc) is 2.88. The van der Waals surface area contributed by atoms with Crippen molar-refractivity contribution in [2.75, 3.05) is 17.2 Å². The molecule has 3 aromatic rings. The Hall–Kier alpha value is -2.34. The highest BCUT2D eigenvalue weighted by Gasteiger charge is 2.25. The number of carbonyl (C=O) groups is 1. The third-order valence-corrected chi connectivity index (χ3v) is 5.05. The van der Waals surface area contributed by atoms with E-state index in [4.69, 9.17) is 0 Å². The molecule has 0 bridgehead atoms. The van der Waals surface area contributed by atoms with Gasteiger partial charge in [-0.05, 0) is 42.5 Å². The summed E-state index contributed by atoms with van der Waals surface area (Å²) >= 11 is 1.66. The van der Waals surface area contributed by atoms with Crippen LogP contribution in [0.2, 0.25) is 0 Å². The van der Waals surface area contributed by atoms with Gasteiger partial charge in [0, 0.05) is 17.6 Å². The van der Waals surface area contributed by atoms with Gasteiger partial charge in [0.05, 0.1) is 23.0 Å². The fourth-order valence-electron chi connectivity index (χ4n) is 2.80. The monoisotopic (exact) mass is 327 g/mol. The summed E-state index contributed by atoms with van der Waals surface area (Å²) in [4.78, 5) is 15.7. The molecule has 23 heavy (non-hydrogen) atoms. The number of benzene rings is 1. The predicted molar refractivity (Wildman–Crippen MR) is 88.6 cm³/mol. The number of anilines is 1. The van der Waals surface area contributed by atoms with Gasteiger partial charge in [0.2, 0.25) is 0 Å². The number of fused-ring (bicyclic) bond motifs is 2. The van der Waals surface area contributed by atoms with Gasteiger partial charge < -0.3 is 4.90 Å². The zero-order chi connectivity index (χ0) is 15.8. The lowest BCUT2D eigenvalue weighted by Gasteiger charge is -2.22. The van der Waals surface area contributed by atoms with Gasteiger partial charge in [-0.25, -0.2) is 8.91 Å².